The number of amides is 4. The van der Waals surface area contributed by atoms with Crippen LogP contribution in [0, 0.1) is 0 Å². The molecule has 0 spiro atoms. The van der Waals surface area contributed by atoms with Crippen molar-refractivity contribution in [3.63, 3.8) is 0 Å². The highest BCUT2D eigenvalue weighted by atomic mass is 16.6. The lowest BCUT2D eigenvalue weighted by molar-refractivity contribution is -0.135. The lowest BCUT2D eigenvalue weighted by Gasteiger charge is -2.29. The number of carbonyl (C=O) groups is 4. The lowest BCUT2D eigenvalue weighted by atomic mass is 10.0. The van der Waals surface area contributed by atoms with Gasteiger partial charge in [-0.1, -0.05) is 109 Å². The van der Waals surface area contributed by atoms with Gasteiger partial charge in [0.15, 0.2) is 5.69 Å². The third kappa shape index (κ3) is 15.4. The van der Waals surface area contributed by atoms with Crippen molar-refractivity contribution in [1.82, 2.24) is 14.3 Å². The summed E-state index contributed by atoms with van der Waals surface area (Å²) in [6.07, 6.45) is 20.7. The molecule has 1 rings (SSSR count). The molecule has 1 aromatic carbocycles. The topological polar surface area (TPSA) is 84.0 Å². The molecule has 1 unspecified atom stereocenters. The van der Waals surface area contributed by atoms with Crippen molar-refractivity contribution in [1.29, 1.82) is 0 Å². The maximum atomic E-state index is 12.9. The molecule has 0 aliphatic rings. The second kappa shape index (κ2) is 23.8. The van der Waals surface area contributed by atoms with Crippen LogP contribution in [0.1, 0.15) is 135 Å². The summed E-state index contributed by atoms with van der Waals surface area (Å²) >= 11 is 0. The van der Waals surface area contributed by atoms with Gasteiger partial charge in [0.1, 0.15) is 6.61 Å². The molecule has 0 saturated carbocycles. The summed E-state index contributed by atoms with van der Waals surface area (Å²) in [5.74, 6) is -0.652. The van der Waals surface area contributed by atoms with Gasteiger partial charge in [0.2, 0.25) is 5.91 Å². The highest BCUT2D eigenvalue weighted by molar-refractivity contribution is 6.00. The van der Waals surface area contributed by atoms with Gasteiger partial charge >= 0.3 is 18.4 Å². The molecule has 8 nitrogen and oxygen atoms in total. The maximum Gasteiger partial charge on any atom is 0.416 e. The Morgan fingerprint density at radius 3 is 1.68 bits per heavy atom. The minimum absolute atomic E-state index is 0.132. The van der Waals surface area contributed by atoms with Crippen LogP contribution < -0.4 is 4.48 Å². The normalized spacial score (nSPS) is 12.6. The van der Waals surface area contributed by atoms with E-state index < -0.39 is 10.6 Å². The minimum atomic E-state index is -0.726. The molecule has 0 saturated heterocycles. The fraction of sp³-hybridized carbons (Fsp3) is 0.722. The predicted octanol–water partition coefficient (Wildman–Crippen LogP) is 8.40. The van der Waals surface area contributed by atoms with Crippen LogP contribution in [0.5, 0.6) is 0 Å². The molecule has 0 radical (unpaired) electrons. The first-order chi connectivity index (χ1) is 21.2. The SMILES string of the molecule is CCCCCCCCCCCCCCCCCC[N+](C=O)(C(C)=O)c1ccccc1COC(=O)N(CCCN(C)C)C(C)=O. The molecule has 1 aromatic rings. The number of imide groups is 2. The Morgan fingerprint density at radius 1 is 0.727 bits per heavy atom. The van der Waals surface area contributed by atoms with Crippen molar-refractivity contribution in [3.8, 4) is 0 Å². The molecule has 0 aliphatic carbocycles. The Hall–Kier alpha value is -2.58. The van der Waals surface area contributed by atoms with Crippen molar-refractivity contribution in [3.05, 3.63) is 29.8 Å². The molecule has 4 amide bonds. The van der Waals surface area contributed by atoms with Gasteiger partial charge in [0.25, 0.3) is 0 Å². The number of unbranched alkanes of at least 4 members (excludes halogenated alkanes) is 15. The quantitative estimate of drug-likeness (QED) is 0.0623. The van der Waals surface area contributed by atoms with Gasteiger partial charge < -0.3 is 9.64 Å². The van der Waals surface area contributed by atoms with Crippen LogP contribution in [-0.4, -0.2) is 67.8 Å². The molecule has 0 heterocycles. The fourth-order valence-electron chi connectivity index (χ4n) is 5.70. The number of quaternary nitrogens is 1. The molecule has 0 fully saturated rings. The minimum Gasteiger partial charge on any atom is -0.444 e. The van der Waals surface area contributed by atoms with Crippen LogP contribution >= 0.6 is 0 Å². The number of benzene rings is 1. The van der Waals surface area contributed by atoms with E-state index >= 15 is 0 Å². The Balaban J connectivity index is 2.53. The van der Waals surface area contributed by atoms with Gasteiger partial charge in [-0.3, -0.25) is 4.79 Å². The second-order valence-electron chi connectivity index (χ2n) is 12.5. The number of carbonyl (C=O) groups excluding carboxylic acids is 4. The largest absolute Gasteiger partial charge is 0.444 e. The van der Waals surface area contributed by atoms with Crippen LogP contribution in [0.2, 0.25) is 0 Å². The van der Waals surface area contributed by atoms with E-state index in [-0.39, 0.29) is 25.0 Å². The maximum absolute atomic E-state index is 12.9. The van der Waals surface area contributed by atoms with Gasteiger partial charge in [-0.2, -0.15) is 4.48 Å². The van der Waals surface area contributed by atoms with Crippen molar-refractivity contribution < 1.29 is 23.9 Å². The van der Waals surface area contributed by atoms with Gasteiger partial charge in [0.05, 0.1) is 19.0 Å². The average molecular weight is 617 g/mol. The van der Waals surface area contributed by atoms with Crippen LogP contribution in [0.4, 0.5) is 10.5 Å². The third-order valence-electron chi connectivity index (χ3n) is 8.47. The zero-order chi connectivity index (χ0) is 32.6. The Morgan fingerprint density at radius 2 is 1.23 bits per heavy atom. The molecule has 250 valence electrons. The number of rotatable bonds is 25. The lowest BCUT2D eigenvalue weighted by Crippen LogP contribution is -2.53. The van der Waals surface area contributed by atoms with E-state index in [0.717, 1.165) is 30.7 Å². The number of nitrogens with zero attached hydrogens (tertiary/aromatic N) is 3. The van der Waals surface area contributed by atoms with Crippen LogP contribution in [0.15, 0.2) is 24.3 Å². The van der Waals surface area contributed by atoms with Crippen molar-refractivity contribution in [2.45, 2.75) is 137 Å². The zero-order valence-corrected chi connectivity index (χ0v) is 28.6. The third-order valence-corrected chi connectivity index (χ3v) is 8.47. The van der Waals surface area contributed by atoms with Gasteiger partial charge in [0, 0.05) is 19.5 Å². The summed E-state index contributed by atoms with van der Waals surface area (Å²) in [7, 11) is 3.86. The standard InChI is InChI=1S/C36H62N3O5/c1-6-7-8-9-10-11-12-13-14-15-16-17-18-19-20-23-29-39(31-40,33(3)42)35-26-22-21-25-34(35)30-44-36(43)38(32(2)41)28-24-27-37(4)5/h21-22,25-26,31H,6-20,23-24,27-30H2,1-5H3/q+1. The molecule has 8 heteroatoms. The predicted molar refractivity (Wildman–Crippen MR) is 180 cm³/mol. The second-order valence-corrected chi connectivity index (χ2v) is 12.5. The number of hydrogen-bond donors (Lipinski definition) is 0. The molecular weight excluding hydrogens is 554 g/mol. The molecule has 0 N–H and O–H groups in total. The molecular formula is C36H62N3O5+. The van der Waals surface area contributed by atoms with Crippen molar-refractivity contribution in [2.75, 3.05) is 33.7 Å². The van der Waals surface area contributed by atoms with Gasteiger partial charge in [-0.15, -0.1) is 0 Å². The first kappa shape index (κ1) is 39.4. The average Bonchev–Trinajstić information content (AvgIpc) is 2.99. The van der Waals surface area contributed by atoms with E-state index in [1.807, 2.05) is 19.0 Å². The van der Waals surface area contributed by atoms with Gasteiger partial charge in [-0.05, 0) is 46.0 Å². The number of para-hydroxylation sites is 1. The van der Waals surface area contributed by atoms with Gasteiger partial charge in [-0.25, -0.2) is 19.3 Å². The number of ether oxygens (including phenoxy) is 1. The van der Waals surface area contributed by atoms with E-state index in [1.54, 1.807) is 24.3 Å². The van der Waals surface area contributed by atoms with Crippen LogP contribution in [-0.2, 0) is 25.7 Å². The summed E-state index contributed by atoms with van der Waals surface area (Å²) in [5.41, 5.74) is 1.10. The van der Waals surface area contributed by atoms with E-state index in [0.29, 0.717) is 30.6 Å². The Labute approximate surface area is 268 Å². The number of hydrogen-bond acceptors (Lipinski definition) is 6. The first-order valence-electron chi connectivity index (χ1n) is 17.2. The highest BCUT2D eigenvalue weighted by Crippen LogP contribution is 2.29. The summed E-state index contributed by atoms with van der Waals surface area (Å²) in [6.45, 7) is 6.27. The van der Waals surface area contributed by atoms with E-state index in [2.05, 4.69) is 6.92 Å². The molecule has 44 heavy (non-hydrogen) atoms. The van der Waals surface area contributed by atoms with Crippen LogP contribution in [0.3, 0.4) is 0 Å². The van der Waals surface area contributed by atoms with Crippen LogP contribution in [0.25, 0.3) is 0 Å². The molecule has 0 bridgehead atoms. The summed E-state index contributed by atoms with van der Waals surface area (Å²) in [4.78, 5) is 53.4. The highest BCUT2D eigenvalue weighted by Gasteiger charge is 2.38. The summed E-state index contributed by atoms with van der Waals surface area (Å²) < 4.78 is 5.08. The monoisotopic (exact) mass is 616 g/mol. The van der Waals surface area contributed by atoms with E-state index in [4.69, 9.17) is 4.74 Å². The van der Waals surface area contributed by atoms with E-state index in [9.17, 15) is 19.2 Å². The van der Waals surface area contributed by atoms with Crippen molar-refractivity contribution >= 4 is 30.0 Å². The van der Waals surface area contributed by atoms with E-state index in [1.165, 1.54) is 97.3 Å². The Bertz CT molecular complexity index is 967. The molecule has 0 aromatic heterocycles. The summed E-state index contributed by atoms with van der Waals surface area (Å²) in [5, 5.41) is 0. The van der Waals surface area contributed by atoms with Crippen molar-refractivity contribution in [2.24, 2.45) is 0 Å². The fourth-order valence-corrected chi connectivity index (χ4v) is 5.70. The Kier molecular flexibility index (Phi) is 21.3. The molecule has 0 aliphatic heterocycles. The first-order valence-corrected chi connectivity index (χ1v) is 17.2. The molecule has 1 atom stereocenters. The zero-order valence-electron chi connectivity index (χ0n) is 28.6. The smallest absolute Gasteiger partial charge is 0.416 e. The summed E-state index contributed by atoms with van der Waals surface area (Å²) in [6, 6.07) is 7.10.